The number of anilines is 1. The van der Waals surface area contributed by atoms with Gasteiger partial charge in [-0.15, -0.1) is 0 Å². The van der Waals surface area contributed by atoms with Crippen LogP contribution in [0.3, 0.4) is 0 Å². The average molecular weight is 496 g/mol. The maximum absolute atomic E-state index is 12.8. The monoisotopic (exact) mass is 495 g/mol. The highest BCUT2D eigenvalue weighted by molar-refractivity contribution is 5.91. The molecule has 2 amide bonds. The van der Waals surface area contributed by atoms with Gasteiger partial charge in [0.05, 0.1) is 33.9 Å². The molecular formula is C27H33N3O6. The molecule has 0 spiro atoms. The summed E-state index contributed by atoms with van der Waals surface area (Å²) in [5.41, 5.74) is 2.40. The molecule has 2 aromatic carbocycles. The normalized spacial score (nSPS) is 15.7. The number of carbonyl (C=O) groups excluding carboxylic acids is 2. The Morgan fingerprint density at radius 1 is 1.06 bits per heavy atom. The maximum atomic E-state index is 12.8. The second-order valence-corrected chi connectivity index (χ2v) is 8.61. The Morgan fingerprint density at radius 3 is 2.61 bits per heavy atom. The molecule has 0 aliphatic carbocycles. The predicted molar refractivity (Wildman–Crippen MR) is 136 cm³/mol. The summed E-state index contributed by atoms with van der Waals surface area (Å²) >= 11 is 0. The number of amides is 2. The van der Waals surface area contributed by atoms with Crippen molar-refractivity contribution < 1.29 is 28.5 Å². The van der Waals surface area contributed by atoms with Gasteiger partial charge in [-0.3, -0.25) is 14.5 Å². The van der Waals surface area contributed by atoms with E-state index in [1.807, 2.05) is 42.5 Å². The van der Waals surface area contributed by atoms with Crippen LogP contribution in [0.4, 0.5) is 5.69 Å². The van der Waals surface area contributed by atoms with Gasteiger partial charge in [-0.05, 0) is 41.5 Å². The van der Waals surface area contributed by atoms with Gasteiger partial charge in [-0.25, -0.2) is 0 Å². The van der Waals surface area contributed by atoms with E-state index in [1.54, 1.807) is 25.3 Å². The van der Waals surface area contributed by atoms with Gasteiger partial charge in [0.1, 0.15) is 12.4 Å². The number of nitrogens with zero attached hydrogens (tertiary/aromatic N) is 2. The number of benzene rings is 2. The number of carbonyl (C=O) groups is 2. The summed E-state index contributed by atoms with van der Waals surface area (Å²) in [4.78, 5) is 29.3. The van der Waals surface area contributed by atoms with Crippen LogP contribution in [-0.2, 0) is 20.7 Å². The van der Waals surface area contributed by atoms with Crippen molar-refractivity contribution in [1.29, 1.82) is 0 Å². The molecule has 2 aliphatic rings. The van der Waals surface area contributed by atoms with E-state index in [0.717, 1.165) is 44.0 Å². The number of nitrogens with one attached hydrogen (secondary N) is 1. The molecule has 0 radical (unpaired) electrons. The molecule has 2 heterocycles. The van der Waals surface area contributed by atoms with Crippen molar-refractivity contribution in [3.63, 3.8) is 0 Å². The largest absolute Gasteiger partial charge is 0.493 e. The van der Waals surface area contributed by atoms with Gasteiger partial charge >= 0.3 is 0 Å². The number of methoxy groups -OCH3 is 2. The topological polar surface area (TPSA) is 89.6 Å². The number of ether oxygens (including phenoxy) is 4. The Hall–Kier alpha value is -3.56. The summed E-state index contributed by atoms with van der Waals surface area (Å²) in [6.07, 6.45) is 3.96. The number of morpholine rings is 1. The number of hydrogen-bond donors (Lipinski definition) is 1. The third-order valence-electron chi connectivity index (χ3n) is 6.22. The third-order valence-corrected chi connectivity index (χ3v) is 6.22. The van der Waals surface area contributed by atoms with E-state index in [1.165, 1.54) is 0 Å². The molecule has 0 aromatic heterocycles. The lowest BCUT2D eigenvalue weighted by atomic mass is 10.0. The molecule has 36 heavy (non-hydrogen) atoms. The molecule has 1 N–H and O–H groups in total. The summed E-state index contributed by atoms with van der Waals surface area (Å²) in [5.74, 6) is 1.63. The first kappa shape index (κ1) is 25.5. The molecule has 0 atom stereocenters. The van der Waals surface area contributed by atoms with Gasteiger partial charge in [0.2, 0.25) is 11.8 Å². The average Bonchev–Trinajstić information content (AvgIpc) is 3.04. The second-order valence-electron chi connectivity index (χ2n) is 8.61. The fourth-order valence-electron chi connectivity index (χ4n) is 4.19. The minimum Gasteiger partial charge on any atom is -0.493 e. The van der Waals surface area contributed by atoms with Crippen molar-refractivity contribution in [3.8, 4) is 17.2 Å². The Bertz CT molecular complexity index is 1100. The standard InChI is InChI=1S/C27H33N3O6/c1-33-24-16-20-6-8-30(27(32)18-21(20)17-25(24)34-2)9-7-26(31)28-22-4-3-5-23(19-22)36-15-12-29-10-13-35-14-11-29/h3-6,8,16-17,19H,7,9-15,18H2,1-2H3,(H,28,31). The van der Waals surface area contributed by atoms with Crippen molar-refractivity contribution >= 4 is 23.6 Å². The van der Waals surface area contributed by atoms with Gasteiger partial charge in [-0.2, -0.15) is 0 Å². The Labute approximate surface area is 211 Å². The zero-order chi connectivity index (χ0) is 25.3. The zero-order valence-electron chi connectivity index (χ0n) is 20.8. The van der Waals surface area contributed by atoms with E-state index in [9.17, 15) is 9.59 Å². The molecule has 2 aliphatic heterocycles. The highest BCUT2D eigenvalue weighted by atomic mass is 16.5. The van der Waals surface area contributed by atoms with Gasteiger partial charge in [0, 0.05) is 50.6 Å². The molecule has 0 unspecified atom stereocenters. The van der Waals surface area contributed by atoms with Gasteiger partial charge in [0.15, 0.2) is 11.5 Å². The smallest absolute Gasteiger partial charge is 0.230 e. The Kier molecular flexibility index (Phi) is 8.80. The molecule has 4 rings (SSSR count). The van der Waals surface area contributed by atoms with E-state index >= 15 is 0 Å². The highest BCUT2D eigenvalue weighted by Gasteiger charge is 2.20. The number of fused-ring (bicyclic) bond motifs is 1. The summed E-state index contributed by atoms with van der Waals surface area (Å²) in [5, 5.41) is 2.90. The summed E-state index contributed by atoms with van der Waals surface area (Å²) in [7, 11) is 3.14. The minimum atomic E-state index is -0.174. The van der Waals surface area contributed by atoms with Gasteiger partial charge in [0.25, 0.3) is 0 Å². The molecular weight excluding hydrogens is 462 g/mol. The first-order chi connectivity index (χ1) is 17.6. The third kappa shape index (κ3) is 6.77. The van der Waals surface area contributed by atoms with Crippen LogP contribution in [0, 0.1) is 0 Å². The highest BCUT2D eigenvalue weighted by Crippen LogP contribution is 2.32. The molecule has 1 fully saturated rings. The van der Waals surface area contributed by atoms with Crippen molar-refractivity contribution in [1.82, 2.24) is 9.80 Å². The lowest BCUT2D eigenvalue weighted by Crippen LogP contribution is -2.38. The number of rotatable bonds is 10. The summed E-state index contributed by atoms with van der Waals surface area (Å²) in [6.45, 7) is 5.04. The first-order valence-electron chi connectivity index (χ1n) is 12.1. The van der Waals surface area contributed by atoms with Crippen LogP contribution >= 0.6 is 0 Å². The zero-order valence-corrected chi connectivity index (χ0v) is 20.8. The Balaban J connectivity index is 1.27. The maximum Gasteiger partial charge on any atom is 0.230 e. The quantitative estimate of drug-likeness (QED) is 0.542. The van der Waals surface area contributed by atoms with Gasteiger partial charge in [-0.1, -0.05) is 6.07 Å². The summed E-state index contributed by atoms with van der Waals surface area (Å²) < 4.78 is 21.9. The predicted octanol–water partition coefficient (Wildman–Crippen LogP) is 2.80. The van der Waals surface area contributed by atoms with Crippen molar-refractivity contribution in [3.05, 3.63) is 53.7 Å². The van der Waals surface area contributed by atoms with Crippen LogP contribution in [0.2, 0.25) is 0 Å². The fraction of sp³-hybridized carbons (Fsp3) is 0.407. The van der Waals surface area contributed by atoms with E-state index < -0.39 is 0 Å². The molecule has 192 valence electrons. The van der Waals surface area contributed by atoms with E-state index in [-0.39, 0.29) is 31.2 Å². The van der Waals surface area contributed by atoms with Crippen LogP contribution in [0.15, 0.2) is 42.6 Å². The summed E-state index contributed by atoms with van der Waals surface area (Å²) in [6, 6.07) is 11.0. The van der Waals surface area contributed by atoms with Crippen LogP contribution in [0.25, 0.3) is 6.08 Å². The van der Waals surface area contributed by atoms with Crippen molar-refractivity contribution in [2.75, 3.05) is 65.5 Å². The van der Waals surface area contributed by atoms with Crippen LogP contribution in [-0.4, -0.2) is 81.8 Å². The van der Waals surface area contributed by atoms with Crippen LogP contribution < -0.4 is 19.5 Å². The van der Waals surface area contributed by atoms with Crippen molar-refractivity contribution in [2.24, 2.45) is 0 Å². The first-order valence-corrected chi connectivity index (χ1v) is 12.1. The molecule has 0 bridgehead atoms. The molecule has 9 nitrogen and oxygen atoms in total. The molecule has 0 saturated carbocycles. The second kappa shape index (κ2) is 12.4. The molecule has 2 aromatic rings. The van der Waals surface area contributed by atoms with Crippen LogP contribution in [0.5, 0.6) is 17.2 Å². The SMILES string of the molecule is COc1cc2c(cc1OC)CC(=O)N(CCC(=O)Nc1cccc(OCCN3CCOCC3)c1)C=C2. The van der Waals surface area contributed by atoms with E-state index in [2.05, 4.69) is 10.2 Å². The lowest BCUT2D eigenvalue weighted by molar-refractivity contribution is -0.128. The van der Waals surface area contributed by atoms with Crippen LogP contribution in [0.1, 0.15) is 17.5 Å². The minimum absolute atomic E-state index is 0.0827. The van der Waals surface area contributed by atoms with Gasteiger partial charge < -0.3 is 29.2 Å². The van der Waals surface area contributed by atoms with E-state index in [0.29, 0.717) is 29.5 Å². The molecule has 1 saturated heterocycles. The molecule has 9 heteroatoms. The van der Waals surface area contributed by atoms with E-state index in [4.69, 9.17) is 18.9 Å². The van der Waals surface area contributed by atoms with Crippen molar-refractivity contribution in [2.45, 2.75) is 12.8 Å². The number of hydrogen-bond acceptors (Lipinski definition) is 7. The Morgan fingerprint density at radius 2 is 1.83 bits per heavy atom. The fourth-order valence-corrected chi connectivity index (χ4v) is 4.19. The lowest BCUT2D eigenvalue weighted by Gasteiger charge is -2.26.